The predicted molar refractivity (Wildman–Crippen MR) is 162 cm³/mol. The van der Waals surface area contributed by atoms with Crippen LogP contribution in [0.3, 0.4) is 0 Å². The van der Waals surface area contributed by atoms with Crippen LogP contribution in [0.15, 0.2) is 96.4 Å². The number of allylic oxidation sites excluding steroid dienone is 2. The molecule has 2 atom stereocenters. The molecule has 1 N–H and O–H groups in total. The standard InChI is InChI=1S/C33H34N2O5S/c1-3-23(19-31-34(4-2)33-27-14-8-7-11-24(27)15-16-29(33)39-31)20-32-35(17-9-10-18-41(36,37)38)28-21-25-12-5-6-13-26(25)22-30(28)40-32/h5-8,11-16,19-22,32H,3-4,9-10,17-18H2,1-2H3,(H,36,37,38). The van der Waals surface area contributed by atoms with Crippen LogP contribution in [0.25, 0.3) is 21.5 Å². The van der Waals surface area contributed by atoms with E-state index in [0.29, 0.717) is 19.4 Å². The molecule has 4 aromatic carbocycles. The summed E-state index contributed by atoms with van der Waals surface area (Å²) in [7, 11) is -4.23. The van der Waals surface area contributed by atoms with E-state index >= 15 is 0 Å². The van der Waals surface area contributed by atoms with Gasteiger partial charge < -0.3 is 18.9 Å². The first-order valence-electron chi connectivity index (χ1n) is 14.2. The van der Waals surface area contributed by atoms with Crippen molar-refractivity contribution in [1.29, 1.82) is 0 Å². The molecule has 2 aliphatic rings. The SMILES string of the molecule is CCC(=CC1Oc2cc3ccccc3cc2[NH+]1CCCCS(=O)(=O)[O-])C=C1Oc2ccc3ccccc3c2N1CC. The Morgan fingerprint density at radius 3 is 2.41 bits per heavy atom. The third-order valence-corrected chi connectivity index (χ3v) is 8.68. The molecule has 0 bridgehead atoms. The van der Waals surface area contributed by atoms with E-state index in [-0.39, 0.29) is 12.0 Å². The Morgan fingerprint density at radius 1 is 0.951 bits per heavy atom. The number of ether oxygens (including phenoxy) is 2. The summed E-state index contributed by atoms with van der Waals surface area (Å²) in [4.78, 5) is 3.32. The first-order chi connectivity index (χ1) is 19.8. The van der Waals surface area contributed by atoms with Crippen LogP contribution in [0.5, 0.6) is 11.5 Å². The lowest BCUT2D eigenvalue weighted by molar-refractivity contribution is -0.862. The molecule has 2 aliphatic heterocycles. The topological polar surface area (TPSA) is 83.3 Å². The molecule has 212 valence electrons. The van der Waals surface area contributed by atoms with Gasteiger partial charge in [0.25, 0.3) is 6.23 Å². The van der Waals surface area contributed by atoms with Crippen molar-refractivity contribution < 1.29 is 27.3 Å². The maximum Gasteiger partial charge on any atom is 0.257 e. The largest absolute Gasteiger partial charge is 0.748 e. The van der Waals surface area contributed by atoms with Gasteiger partial charge in [-0.25, -0.2) is 8.42 Å². The lowest BCUT2D eigenvalue weighted by atomic mass is 10.1. The first-order valence-corrected chi connectivity index (χ1v) is 15.8. The Labute approximate surface area is 241 Å². The van der Waals surface area contributed by atoms with E-state index in [1.54, 1.807) is 0 Å². The highest BCUT2D eigenvalue weighted by molar-refractivity contribution is 7.85. The molecule has 0 aromatic heterocycles. The first kappa shape index (κ1) is 27.3. The molecule has 7 nitrogen and oxygen atoms in total. The molecular weight excluding hydrogens is 536 g/mol. The summed E-state index contributed by atoms with van der Waals surface area (Å²) in [6.45, 7) is 5.65. The number of quaternary nitrogens is 1. The van der Waals surface area contributed by atoms with Crippen LogP contribution in [-0.2, 0) is 10.1 Å². The number of benzene rings is 4. The number of hydrogen-bond acceptors (Lipinski definition) is 6. The predicted octanol–water partition coefficient (Wildman–Crippen LogP) is 5.65. The average Bonchev–Trinajstić information content (AvgIpc) is 3.49. The van der Waals surface area contributed by atoms with Crippen LogP contribution < -0.4 is 19.3 Å². The van der Waals surface area contributed by atoms with Gasteiger partial charge in [-0.05, 0) is 60.1 Å². The second-order valence-corrected chi connectivity index (χ2v) is 12.1. The molecular formula is C33H34N2O5S. The molecule has 0 fully saturated rings. The maximum atomic E-state index is 11.2. The van der Waals surface area contributed by atoms with Crippen molar-refractivity contribution in [2.75, 3.05) is 23.7 Å². The van der Waals surface area contributed by atoms with Gasteiger partial charge in [0.1, 0.15) is 0 Å². The Morgan fingerprint density at radius 2 is 1.68 bits per heavy atom. The zero-order chi connectivity index (χ0) is 28.6. The molecule has 0 saturated heterocycles. The van der Waals surface area contributed by atoms with E-state index in [2.05, 4.69) is 79.4 Å². The minimum Gasteiger partial charge on any atom is -0.748 e. The Kier molecular flexibility index (Phi) is 7.46. The zero-order valence-electron chi connectivity index (χ0n) is 23.3. The molecule has 8 heteroatoms. The molecule has 41 heavy (non-hydrogen) atoms. The van der Waals surface area contributed by atoms with Gasteiger partial charge in [-0.1, -0.05) is 61.5 Å². The molecule has 0 amide bonds. The van der Waals surface area contributed by atoms with Gasteiger partial charge in [-0.3, -0.25) is 4.90 Å². The van der Waals surface area contributed by atoms with Crippen molar-refractivity contribution in [3.05, 3.63) is 96.4 Å². The molecule has 0 saturated carbocycles. The fraction of sp³-hybridized carbons (Fsp3) is 0.273. The number of anilines is 1. The van der Waals surface area contributed by atoms with Crippen molar-refractivity contribution in [1.82, 2.24) is 0 Å². The van der Waals surface area contributed by atoms with Gasteiger partial charge in [0.15, 0.2) is 17.2 Å². The Bertz CT molecular complexity index is 1780. The number of fused-ring (bicyclic) bond motifs is 5. The number of unbranched alkanes of at least 4 members (excludes halogenated alkanes) is 1. The fourth-order valence-electron chi connectivity index (χ4n) is 5.85. The molecule has 4 aromatic rings. The fourth-order valence-corrected chi connectivity index (χ4v) is 6.41. The number of rotatable bonds is 9. The Hall–Kier alpha value is -3.85. The summed E-state index contributed by atoms with van der Waals surface area (Å²) in [5.41, 5.74) is 3.21. The van der Waals surface area contributed by atoms with Gasteiger partial charge in [0.2, 0.25) is 5.88 Å². The van der Waals surface area contributed by atoms with E-state index in [0.717, 1.165) is 68.4 Å². The lowest BCUT2D eigenvalue weighted by Gasteiger charge is -2.20. The van der Waals surface area contributed by atoms with Crippen LogP contribution in [-0.4, -0.2) is 38.0 Å². The summed E-state index contributed by atoms with van der Waals surface area (Å²) < 4.78 is 46.4. The van der Waals surface area contributed by atoms with Crippen molar-refractivity contribution in [3.63, 3.8) is 0 Å². The monoisotopic (exact) mass is 570 g/mol. The third-order valence-electron chi connectivity index (χ3n) is 7.89. The average molecular weight is 571 g/mol. The Balaban J connectivity index is 1.32. The molecule has 2 heterocycles. The third kappa shape index (κ3) is 5.55. The smallest absolute Gasteiger partial charge is 0.257 e. The van der Waals surface area contributed by atoms with E-state index in [4.69, 9.17) is 9.47 Å². The normalized spacial score (nSPS) is 19.4. The van der Waals surface area contributed by atoms with Gasteiger partial charge in [0.05, 0.1) is 22.4 Å². The summed E-state index contributed by atoms with van der Waals surface area (Å²) in [5, 5.41) is 4.57. The number of nitrogens with one attached hydrogen (secondary N) is 1. The molecule has 0 radical (unpaired) electrons. The minimum atomic E-state index is -4.23. The second kappa shape index (κ2) is 11.2. The van der Waals surface area contributed by atoms with Crippen LogP contribution >= 0.6 is 0 Å². The summed E-state index contributed by atoms with van der Waals surface area (Å²) in [5.74, 6) is 2.11. The second-order valence-electron chi connectivity index (χ2n) is 10.5. The minimum absolute atomic E-state index is 0.294. The molecule has 0 spiro atoms. The van der Waals surface area contributed by atoms with Crippen LogP contribution in [0.4, 0.5) is 11.4 Å². The molecule has 0 aliphatic carbocycles. The van der Waals surface area contributed by atoms with E-state index in [1.165, 1.54) is 5.39 Å². The zero-order valence-corrected chi connectivity index (χ0v) is 24.1. The highest BCUT2D eigenvalue weighted by Crippen LogP contribution is 2.44. The van der Waals surface area contributed by atoms with Crippen molar-refractivity contribution >= 4 is 43.0 Å². The van der Waals surface area contributed by atoms with Crippen LogP contribution in [0.2, 0.25) is 0 Å². The van der Waals surface area contributed by atoms with Crippen molar-refractivity contribution in [2.45, 2.75) is 39.3 Å². The van der Waals surface area contributed by atoms with Gasteiger partial charge in [-0.2, -0.15) is 0 Å². The number of nitrogens with zero attached hydrogens (tertiary/aromatic N) is 1. The summed E-state index contributed by atoms with van der Waals surface area (Å²) in [6.07, 6.45) is 5.65. The van der Waals surface area contributed by atoms with Crippen LogP contribution in [0, 0.1) is 0 Å². The van der Waals surface area contributed by atoms with E-state index in [9.17, 15) is 13.0 Å². The van der Waals surface area contributed by atoms with Crippen molar-refractivity contribution in [3.8, 4) is 11.5 Å². The number of hydrogen-bond donors (Lipinski definition) is 1. The van der Waals surface area contributed by atoms with Gasteiger partial charge in [0, 0.05) is 35.9 Å². The van der Waals surface area contributed by atoms with Crippen LogP contribution in [0.1, 0.15) is 33.1 Å². The van der Waals surface area contributed by atoms with E-state index < -0.39 is 10.1 Å². The van der Waals surface area contributed by atoms with Gasteiger partial charge in [-0.15, -0.1) is 0 Å². The maximum absolute atomic E-state index is 11.2. The van der Waals surface area contributed by atoms with E-state index in [1.807, 2.05) is 24.3 Å². The van der Waals surface area contributed by atoms with Crippen molar-refractivity contribution in [2.24, 2.45) is 0 Å². The van der Waals surface area contributed by atoms with Gasteiger partial charge >= 0.3 is 0 Å². The lowest BCUT2D eigenvalue weighted by Crippen LogP contribution is -3.10. The molecule has 6 rings (SSSR count). The highest BCUT2D eigenvalue weighted by Gasteiger charge is 2.35. The highest BCUT2D eigenvalue weighted by atomic mass is 32.2. The summed E-state index contributed by atoms with van der Waals surface area (Å²) in [6, 6.07) is 24.9. The molecule has 2 unspecified atom stereocenters. The summed E-state index contributed by atoms with van der Waals surface area (Å²) >= 11 is 0. The quantitative estimate of drug-likeness (QED) is 0.207.